The molecule has 9 rings (SSSR count). The fourth-order valence-corrected chi connectivity index (χ4v) is 7.51. The Balaban J connectivity index is 1.23. The number of anilines is 3. The molecule has 0 aromatic heterocycles. The molecule has 1 heterocycles. The number of hydrogen-bond donors (Lipinski definition) is 0. The number of fused-ring (bicyclic) bond motifs is 7. The molecule has 208 valence electrons. The third-order valence-electron chi connectivity index (χ3n) is 9.51. The smallest absolute Gasteiger partial charge is 0.0497 e. The summed E-state index contributed by atoms with van der Waals surface area (Å²) in [5.74, 6) is 0. The van der Waals surface area contributed by atoms with Crippen molar-refractivity contribution >= 4 is 44.7 Å². The van der Waals surface area contributed by atoms with Crippen molar-refractivity contribution in [3.05, 3.63) is 168 Å². The molecule has 7 aromatic carbocycles. The molecule has 0 unspecified atom stereocenters. The predicted molar refractivity (Wildman–Crippen MR) is 187 cm³/mol. The van der Waals surface area contributed by atoms with Crippen molar-refractivity contribution in [3.8, 4) is 22.3 Å². The van der Waals surface area contributed by atoms with Gasteiger partial charge in [-0.05, 0) is 115 Å². The average Bonchev–Trinajstić information content (AvgIpc) is 3.10. The van der Waals surface area contributed by atoms with Gasteiger partial charge < -0.3 is 4.90 Å². The standard InChI is InChI=1S/C43H31N/c1-2-12-29(13-3-1)39-27-33-28-40(36-17-7-9-19-38(36)43(33)37-18-8-6-16-35(37)39)30-22-24-34(25-23-30)44-41-20-10-4-14-31(41)26-32-15-5-11-21-42(32)44/h1-5,7-15,17-25,27-28H,6,16,26H2. The second kappa shape index (κ2) is 10.1. The lowest BCUT2D eigenvalue weighted by molar-refractivity contribution is 0.992. The zero-order chi connectivity index (χ0) is 29.0. The van der Waals surface area contributed by atoms with Crippen LogP contribution in [0.4, 0.5) is 17.1 Å². The second-order valence-corrected chi connectivity index (χ2v) is 12.0. The van der Waals surface area contributed by atoms with Crippen molar-refractivity contribution in [2.24, 2.45) is 0 Å². The number of para-hydroxylation sites is 2. The third-order valence-corrected chi connectivity index (χ3v) is 9.51. The van der Waals surface area contributed by atoms with Crippen LogP contribution in [-0.4, -0.2) is 0 Å². The van der Waals surface area contributed by atoms with E-state index in [-0.39, 0.29) is 0 Å². The molecule has 44 heavy (non-hydrogen) atoms. The summed E-state index contributed by atoms with van der Waals surface area (Å²) in [4.78, 5) is 2.42. The van der Waals surface area contributed by atoms with E-state index in [1.54, 1.807) is 0 Å². The van der Waals surface area contributed by atoms with Crippen LogP contribution >= 0.6 is 0 Å². The molecule has 0 amide bonds. The summed E-state index contributed by atoms with van der Waals surface area (Å²) in [6.45, 7) is 0. The Morgan fingerprint density at radius 3 is 1.89 bits per heavy atom. The van der Waals surface area contributed by atoms with E-state index in [2.05, 4.69) is 157 Å². The normalized spacial score (nSPS) is 13.5. The summed E-state index contributed by atoms with van der Waals surface area (Å²) in [6, 6.07) is 51.5. The van der Waals surface area contributed by atoms with Gasteiger partial charge in [0, 0.05) is 23.5 Å². The van der Waals surface area contributed by atoms with Crippen LogP contribution in [-0.2, 0) is 12.8 Å². The summed E-state index contributed by atoms with van der Waals surface area (Å²) in [6.07, 6.45) is 7.84. The summed E-state index contributed by atoms with van der Waals surface area (Å²) in [5, 5.41) is 5.29. The highest BCUT2D eigenvalue weighted by Crippen LogP contribution is 2.46. The molecule has 0 N–H and O–H groups in total. The van der Waals surface area contributed by atoms with Gasteiger partial charge in [0.05, 0.1) is 0 Å². The Labute approximate surface area is 258 Å². The molecule has 2 aliphatic rings. The minimum absolute atomic E-state index is 0.966. The number of rotatable bonds is 3. The van der Waals surface area contributed by atoms with Crippen molar-refractivity contribution in [2.45, 2.75) is 19.3 Å². The Morgan fingerprint density at radius 1 is 0.523 bits per heavy atom. The zero-order valence-corrected chi connectivity index (χ0v) is 24.5. The Hall–Kier alpha value is -5.40. The van der Waals surface area contributed by atoms with Crippen LogP contribution in [0.2, 0.25) is 0 Å². The highest BCUT2D eigenvalue weighted by Gasteiger charge is 2.24. The van der Waals surface area contributed by atoms with Crippen LogP contribution in [0.1, 0.15) is 28.7 Å². The van der Waals surface area contributed by atoms with E-state index in [1.165, 1.54) is 83.1 Å². The lowest BCUT2D eigenvalue weighted by Crippen LogP contribution is -2.18. The lowest BCUT2D eigenvalue weighted by atomic mass is 9.82. The van der Waals surface area contributed by atoms with Gasteiger partial charge in [0.25, 0.3) is 0 Å². The van der Waals surface area contributed by atoms with Crippen molar-refractivity contribution in [1.29, 1.82) is 0 Å². The maximum atomic E-state index is 2.44. The Kier molecular flexibility index (Phi) is 5.77. The van der Waals surface area contributed by atoms with Gasteiger partial charge in [-0.3, -0.25) is 0 Å². The van der Waals surface area contributed by atoms with E-state index in [9.17, 15) is 0 Å². The van der Waals surface area contributed by atoms with Gasteiger partial charge in [0.15, 0.2) is 0 Å². The van der Waals surface area contributed by atoms with Gasteiger partial charge >= 0.3 is 0 Å². The van der Waals surface area contributed by atoms with E-state index in [0.29, 0.717) is 0 Å². The van der Waals surface area contributed by atoms with Crippen LogP contribution in [0.3, 0.4) is 0 Å². The van der Waals surface area contributed by atoms with Crippen molar-refractivity contribution in [1.82, 2.24) is 0 Å². The Morgan fingerprint density at radius 2 is 1.14 bits per heavy atom. The van der Waals surface area contributed by atoms with E-state index < -0.39 is 0 Å². The molecular formula is C43H31N. The maximum absolute atomic E-state index is 2.44. The fraction of sp³-hybridized carbons (Fsp3) is 0.0698. The molecule has 1 heteroatoms. The lowest BCUT2D eigenvalue weighted by Gasteiger charge is -2.33. The first-order chi connectivity index (χ1) is 21.8. The molecule has 1 aliphatic carbocycles. The molecule has 0 fully saturated rings. The highest BCUT2D eigenvalue weighted by atomic mass is 15.2. The minimum Gasteiger partial charge on any atom is -0.310 e. The molecule has 0 saturated heterocycles. The molecule has 0 radical (unpaired) electrons. The first kappa shape index (κ1) is 25.1. The second-order valence-electron chi connectivity index (χ2n) is 12.0. The predicted octanol–water partition coefficient (Wildman–Crippen LogP) is 11.7. The van der Waals surface area contributed by atoms with Crippen LogP contribution in [0.5, 0.6) is 0 Å². The van der Waals surface area contributed by atoms with Crippen molar-refractivity contribution < 1.29 is 0 Å². The van der Waals surface area contributed by atoms with Crippen LogP contribution in [0, 0.1) is 0 Å². The molecule has 0 atom stereocenters. The van der Waals surface area contributed by atoms with E-state index in [4.69, 9.17) is 0 Å². The number of hydrogen-bond acceptors (Lipinski definition) is 1. The van der Waals surface area contributed by atoms with Gasteiger partial charge in [-0.15, -0.1) is 0 Å². The summed E-state index contributed by atoms with van der Waals surface area (Å²) in [5.41, 5.74) is 14.5. The summed E-state index contributed by atoms with van der Waals surface area (Å²) < 4.78 is 0. The van der Waals surface area contributed by atoms with Gasteiger partial charge in [-0.1, -0.05) is 115 Å². The first-order valence-corrected chi connectivity index (χ1v) is 15.6. The van der Waals surface area contributed by atoms with Crippen molar-refractivity contribution in [3.63, 3.8) is 0 Å². The summed E-state index contributed by atoms with van der Waals surface area (Å²) >= 11 is 0. The largest absolute Gasteiger partial charge is 0.310 e. The van der Waals surface area contributed by atoms with Crippen LogP contribution in [0.15, 0.2) is 146 Å². The number of nitrogens with zero attached hydrogens (tertiary/aromatic N) is 1. The molecule has 0 saturated carbocycles. The average molecular weight is 562 g/mol. The molecule has 1 nitrogen and oxygen atoms in total. The zero-order valence-electron chi connectivity index (χ0n) is 24.5. The molecule has 0 spiro atoms. The number of allylic oxidation sites excluding steroid dienone is 1. The summed E-state index contributed by atoms with van der Waals surface area (Å²) in [7, 11) is 0. The fourth-order valence-electron chi connectivity index (χ4n) is 7.51. The van der Waals surface area contributed by atoms with Crippen LogP contribution < -0.4 is 4.90 Å². The maximum Gasteiger partial charge on any atom is 0.0497 e. The van der Waals surface area contributed by atoms with Crippen molar-refractivity contribution in [2.75, 3.05) is 4.90 Å². The quantitative estimate of drug-likeness (QED) is 0.194. The van der Waals surface area contributed by atoms with Gasteiger partial charge in [-0.25, -0.2) is 0 Å². The third kappa shape index (κ3) is 3.93. The number of benzene rings is 7. The molecular weight excluding hydrogens is 530 g/mol. The van der Waals surface area contributed by atoms with E-state index >= 15 is 0 Å². The molecule has 7 aromatic rings. The molecule has 1 aliphatic heterocycles. The minimum atomic E-state index is 0.966. The van der Waals surface area contributed by atoms with Gasteiger partial charge in [-0.2, -0.15) is 0 Å². The van der Waals surface area contributed by atoms with Crippen LogP contribution in [0.25, 0.3) is 49.9 Å². The van der Waals surface area contributed by atoms with Gasteiger partial charge in [0.1, 0.15) is 0 Å². The first-order valence-electron chi connectivity index (χ1n) is 15.6. The molecule has 0 bridgehead atoms. The van der Waals surface area contributed by atoms with Gasteiger partial charge in [0.2, 0.25) is 0 Å². The topological polar surface area (TPSA) is 3.24 Å². The van der Waals surface area contributed by atoms with E-state index in [0.717, 1.165) is 19.3 Å². The van der Waals surface area contributed by atoms with E-state index in [1.807, 2.05) is 0 Å². The SMILES string of the molecule is C1=Cc2c(c(-c3ccccc3)cc3cc(-c4ccc(N5c6ccccc6Cc6ccccc65)cc4)c4ccccc4c23)CC1. The Bertz CT molecular complexity index is 2190. The highest BCUT2D eigenvalue weighted by molar-refractivity contribution is 6.18. The monoisotopic (exact) mass is 561 g/mol.